The average Bonchev–Trinajstić information content (AvgIpc) is 3.19. The summed E-state index contributed by atoms with van der Waals surface area (Å²) in [5.41, 5.74) is 4.30. The number of carbonyl (C=O) groups excluding carboxylic acids is 1. The molecule has 1 atom stereocenters. The maximum atomic E-state index is 14.1. The molecule has 0 saturated carbocycles. The van der Waals surface area contributed by atoms with Crippen LogP contribution in [0, 0.1) is 6.92 Å². The first kappa shape index (κ1) is 22.9. The van der Waals surface area contributed by atoms with Crippen molar-refractivity contribution in [1.82, 2.24) is 20.0 Å². The van der Waals surface area contributed by atoms with Crippen LogP contribution in [0.4, 0.5) is 0 Å². The Morgan fingerprint density at radius 1 is 1.00 bits per heavy atom. The number of para-hydroxylation sites is 2. The highest BCUT2D eigenvalue weighted by atomic mass is 16.5. The van der Waals surface area contributed by atoms with Gasteiger partial charge in [-0.3, -0.25) is 9.48 Å². The third kappa shape index (κ3) is 4.84. The number of hydrogen-bond acceptors (Lipinski definition) is 4. The van der Waals surface area contributed by atoms with Gasteiger partial charge in [0, 0.05) is 43.9 Å². The second-order valence-corrected chi connectivity index (χ2v) is 8.89. The Morgan fingerprint density at radius 2 is 1.69 bits per heavy atom. The third-order valence-corrected chi connectivity index (χ3v) is 6.48. The van der Waals surface area contributed by atoms with E-state index in [1.165, 1.54) is 5.56 Å². The minimum absolute atomic E-state index is 0.0000419. The molecule has 5 rings (SSSR count). The predicted octanol–water partition coefficient (Wildman–Crippen LogP) is 4.84. The van der Waals surface area contributed by atoms with E-state index in [0.717, 1.165) is 42.1 Å². The molecule has 1 unspecified atom stereocenters. The lowest BCUT2D eigenvalue weighted by molar-refractivity contribution is 0.0625. The van der Waals surface area contributed by atoms with Gasteiger partial charge in [-0.05, 0) is 37.1 Å². The summed E-state index contributed by atoms with van der Waals surface area (Å²) in [4.78, 5) is 16.1. The standard InChI is InChI=1S/C29H30N4O2/c1-21-27(25-15-9-10-16-26(25)35-24-13-7-4-8-14-24)28(32(2)31-21)29(34)33-18-17-30-20-23(33)19-22-11-5-3-6-12-22/h3-16,23,30H,17-20H2,1-2H3. The lowest BCUT2D eigenvalue weighted by Gasteiger charge is -2.36. The fourth-order valence-corrected chi connectivity index (χ4v) is 4.84. The minimum Gasteiger partial charge on any atom is -0.457 e. The fraction of sp³-hybridized carbons (Fsp3) is 0.241. The van der Waals surface area contributed by atoms with E-state index < -0.39 is 0 Å². The van der Waals surface area contributed by atoms with Crippen LogP contribution in [0.15, 0.2) is 84.9 Å². The van der Waals surface area contributed by atoms with Crippen molar-refractivity contribution in [2.75, 3.05) is 19.6 Å². The van der Waals surface area contributed by atoms with E-state index in [0.29, 0.717) is 18.0 Å². The second kappa shape index (κ2) is 10.2. The molecule has 4 aromatic rings. The number of amides is 1. The fourth-order valence-electron chi connectivity index (χ4n) is 4.84. The molecule has 0 spiro atoms. The Labute approximate surface area is 206 Å². The molecule has 0 bridgehead atoms. The molecular weight excluding hydrogens is 436 g/mol. The molecule has 1 N–H and O–H groups in total. The number of hydrogen-bond donors (Lipinski definition) is 1. The van der Waals surface area contributed by atoms with Crippen LogP contribution in [0.25, 0.3) is 11.1 Å². The lowest BCUT2D eigenvalue weighted by Crippen LogP contribution is -2.54. The van der Waals surface area contributed by atoms with Crippen LogP contribution in [-0.4, -0.2) is 46.3 Å². The molecule has 1 fully saturated rings. The minimum atomic E-state index is 0.0000419. The molecule has 1 aromatic heterocycles. The van der Waals surface area contributed by atoms with Crippen molar-refractivity contribution in [1.29, 1.82) is 0 Å². The Bertz CT molecular complexity index is 1300. The molecule has 1 aliphatic rings. The van der Waals surface area contributed by atoms with Gasteiger partial charge in [-0.1, -0.05) is 66.7 Å². The van der Waals surface area contributed by atoms with Crippen LogP contribution >= 0.6 is 0 Å². The molecule has 178 valence electrons. The Morgan fingerprint density at radius 3 is 2.46 bits per heavy atom. The summed E-state index contributed by atoms with van der Waals surface area (Å²) >= 11 is 0. The van der Waals surface area contributed by atoms with Crippen molar-refractivity contribution in [3.8, 4) is 22.6 Å². The number of aryl methyl sites for hydroxylation is 2. The maximum absolute atomic E-state index is 14.1. The van der Waals surface area contributed by atoms with Gasteiger partial charge in [0.2, 0.25) is 0 Å². The van der Waals surface area contributed by atoms with Crippen LogP contribution in [0.5, 0.6) is 11.5 Å². The van der Waals surface area contributed by atoms with Gasteiger partial charge < -0.3 is 15.0 Å². The van der Waals surface area contributed by atoms with Crippen molar-refractivity contribution in [2.45, 2.75) is 19.4 Å². The van der Waals surface area contributed by atoms with Crippen molar-refractivity contribution >= 4 is 5.91 Å². The SMILES string of the molecule is Cc1nn(C)c(C(=O)N2CCNCC2Cc2ccccc2)c1-c1ccccc1Oc1ccccc1. The summed E-state index contributed by atoms with van der Waals surface area (Å²) in [5.74, 6) is 1.45. The van der Waals surface area contributed by atoms with Gasteiger partial charge in [0.05, 0.1) is 5.69 Å². The third-order valence-electron chi connectivity index (χ3n) is 6.48. The second-order valence-electron chi connectivity index (χ2n) is 8.89. The van der Waals surface area contributed by atoms with Gasteiger partial charge in [-0.25, -0.2) is 0 Å². The van der Waals surface area contributed by atoms with Crippen LogP contribution in [0.2, 0.25) is 0 Å². The number of benzene rings is 3. The number of carbonyl (C=O) groups is 1. The van der Waals surface area contributed by atoms with Crippen molar-refractivity contribution < 1.29 is 9.53 Å². The Hall–Kier alpha value is -3.90. The van der Waals surface area contributed by atoms with Crippen molar-refractivity contribution in [3.05, 3.63) is 102 Å². The van der Waals surface area contributed by atoms with Crippen LogP contribution < -0.4 is 10.1 Å². The van der Waals surface area contributed by atoms with E-state index in [1.54, 1.807) is 4.68 Å². The molecule has 0 radical (unpaired) electrons. The number of ether oxygens (including phenoxy) is 1. The number of aromatic nitrogens is 2. The van der Waals surface area contributed by atoms with E-state index >= 15 is 0 Å². The molecule has 0 aliphatic carbocycles. The van der Waals surface area contributed by atoms with Gasteiger partial charge in [0.1, 0.15) is 17.2 Å². The normalized spacial score (nSPS) is 15.7. The van der Waals surface area contributed by atoms with E-state index in [4.69, 9.17) is 4.74 Å². The highest BCUT2D eigenvalue weighted by Crippen LogP contribution is 2.37. The first-order valence-corrected chi connectivity index (χ1v) is 12.0. The summed E-state index contributed by atoms with van der Waals surface area (Å²) in [7, 11) is 1.85. The van der Waals surface area contributed by atoms with Gasteiger partial charge in [-0.2, -0.15) is 5.10 Å². The summed E-state index contributed by atoms with van der Waals surface area (Å²) in [6.07, 6.45) is 0.805. The van der Waals surface area contributed by atoms with E-state index in [2.05, 4.69) is 22.5 Å². The number of nitrogens with one attached hydrogen (secondary N) is 1. The molecule has 3 aromatic carbocycles. The first-order valence-electron chi connectivity index (χ1n) is 12.0. The Kier molecular flexibility index (Phi) is 6.64. The monoisotopic (exact) mass is 466 g/mol. The van der Waals surface area contributed by atoms with Gasteiger partial charge in [0.15, 0.2) is 0 Å². The smallest absolute Gasteiger partial charge is 0.273 e. The van der Waals surface area contributed by atoms with E-state index in [1.807, 2.05) is 91.7 Å². The van der Waals surface area contributed by atoms with Crippen LogP contribution in [-0.2, 0) is 13.5 Å². The van der Waals surface area contributed by atoms with Crippen LogP contribution in [0.3, 0.4) is 0 Å². The van der Waals surface area contributed by atoms with Crippen molar-refractivity contribution in [3.63, 3.8) is 0 Å². The van der Waals surface area contributed by atoms with Gasteiger partial charge in [0.25, 0.3) is 5.91 Å². The zero-order chi connectivity index (χ0) is 24.2. The quantitative estimate of drug-likeness (QED) is 0.442. The summed E-state index contributed by atoms with van der Waals surface area (Å²) < 4.78 is 7.95. The summed E-state index contributed by atoms with van der Waals surface area (Å²) in [6, 6.07) is 28.0. The molecule has 6 heteroatoms. The average molecular weight is 467 g/mol. The largest absolute Gasteiger partial charge is 0.457 e. The van der Waals surface area contributed by atoms with Gasteiger partial charge >= 0.3 is 0 Å². The van der Waals surface area contributed by atoms with E-state index in [-0.39, 0.29) is 11.9 Å². The first-order chi connectivity index (χ1) is 17.1. The summed E-state index contributed by atoms with van der Waals surface area (Å²) in [6.45, 7) is 4.14. The lowest BCUT2D eigenvalue weighted by atomic mass is 9.99. The predicted molar refractivity (Wildman–Crippen MR) is 138 cm³/mol. The van der Waals surface area contributed by atoms with Gasteiger partial charge in [-0.15, -0.1) is 0 Å². The number of nitrogens with zero attached hydrogens (tertiary/aromatic N) is 3. The highest BCUT2D eigenvalue weighted by Gasteiger charge is 2.32. The topological polar surface area (TPSA) is 59.4 Å². The molecule has 1 amide bonds. The summed E-state index contributed by atoms with van der Waals surface area (Å²) in [5, 5.41) is 8.12. The molecular formula is C29H30N4O2. The highest BCUT2D eigenvalue weighted by molar-refractivity contribution is 6.01. The maximum Gasteiger partial charge on any atom is 0.273 e. The molecule has 2 heterocycles. The zero-order valence-electron chi connectivity index (χ0n) is 20.1. The molecule has 35 heavy (non-hydrogen) atoms. The Balaban J connectivity index is 1.51. The number of piperazine rings is 1. The molecule has 6 nitrogen and oxygen atoms in total. The van der Waals surface area contributed by atoms with Crippen LogP contribution in [0.1, 0.15) is 21.7 Å². The van der Waals surface area contributed by atoms with Crippen molar-refractivity contribution in [2.24, 2.45) is 7.05 Å². The molecule has 1 aliphatic heterocycles. The zero-order valence-corrected chi connectivity index (χ0v) is 20.1. The van der Waals surface area contributed by atoms with E-state index in [9.17, 15) is 4.79 Å². The molecule has 1 saturated heterocycles. The number of rotatable bonds is 6.